The van der Waals surface area contributed by atoms with E-state index in [2.05, 4.69) is 29.8 Å². The predicted molar refractivity (Wildman–Crippen MR) is 68.7 cm³/mol. The van der Waals surface area contributed by atoms with E-state index in [4.69, 9.17) is 0 Å². The molecule has 1 aromatic rings. The molecule has 3 heteroatoms. The minimum Gasteiger partial charge on any atom is -0.392 e. The minimum atomic E-state index is -0.140. The maximum absolute atomic E-state index is 9.84. The van der Waals surface area contributed by atoms with Gasteiger partial charge in [0, 0.05) is 17.0 Å². The summed E-state index contributed by atoms with van der Waals surface area (Å²) in [5, 5.41) is 15.6. The fourth-order valence-electron chi connectivity index (χ4n) is 2.48. The van der Waals surface area contributed by atoms with Crippen molar-refractivity contribution in [1.82, 2.24) is 5.32 Å². The molecule has 90 valence electrons. The van der Waals surface area contributed by atoms with Gasteiger partial charge in [0.05, 0.1) is 6.10 Å². The third kappa shape index (κ3) is 2.84. The van der Waals surface area contributed by atoms with Crippen LogP contribution >= 0.6 is 11.3 Å². The molecule has 1 fully saturated rings. The monoisotopic (exact) mass is 239 g/mol. The van der Waals surface area contributed by atoms with Crippen molar-refractivity contribution in [2.45, 2.75) is 57.2 Å². The van der Waals surface area contributed by atoms with Crippen molar-refractivity contribution in [2.24, 2.45) is 0 Å². The first-order chi connectivity index (χ1) is 7.81. The lowest BCUT2D eigenvalue weighted by Crippen LogP contribution is -2.38. The molecule has 0 saturated heterocycles. The molecule has 1 aliphatic carbocycles. The molecule has 2 nitrogen and oxygen atoms in total. The number of hydrogen-bond acceptors (Lipinski definition) is 3. The number of rotatable bonds is 5. The van der Waals surface area contributed by atoms with Crippen LogP contribution in [0.5, 0.6) is 0 Å². The lowest BCUT2D eigenvalue weighted by Gasteiger charge is -2.24. The highest BCUT2D eigenvalue weighted by Crippen LogP contribution is 2.27. The molecular weight excluding hydrogens is 218 g/mol. The zero-order chi connectivity index (χ0) is 11.4. The van der Waals surface area contributed by atoms with Crippen LogP contribution in [0.15, 0.2) is 17.5 Å². The number of hydrogen-bond donors (Lipinski definition) is 2. The van der Waals surface area contributed by atoms with Crippen LogP contribution in [0.3, 0.4) is 0 Å². The van der Waals surface area contributed by atoms with Crippen LogP contribution in [-0.4, -0.2) is 17.3 Å². The van der Waals surface area contributed by atoms with E-state index in [0.29, 0.717) is 12.1 Å². The van der Waals surface area contributed by atoms with Gasteiger partial charge in [0.25, 0.3) is 0 Å². The van der Waals surface area contributed by atoms with Crippen LogP contribution in [0.4, 0.5) is 0 Å². The second-order valence-electron chi connectivity index (χ2n) is 4.63. The molecule has 0 aliphatic heterocycles. The molecule has 1 heterocycles. The first-order valence-corrected chi connectivity index (χ1v) is 7.16. The van der Waals surface area contributed by atoms with Crippen molar-refractivity contribution >= 4 is 11.3 Å². The van der Waals surface area contributed by atoms with Gasteiger partial charge in [0.15, 0.2) is 0 Å². The van der Waals surface area contributed by atoms with Crippen molar-refractivity contribution in [3.8, 4) is 0 Å². The Hall–Kier alpha value is -0.380. The molecule has 0 radical (unpaired) electrons. The fourth-order valence-corrected chi connectivity index (χ4v) is 3.30. The summed E-state index contributed by atoms with van der Waals surface area (Å²) >= 11 is 1.81. The van der Waals surface area contributed by atoms with E-state index in [1.54, 1.807) is 0 Å². The molecule has 0 aromatic carbocycles. The van der Waals surface area contributed by atoms with Crippen LogP contribution in [-0.2, 0) is 0 Å². The van der Waals surface area contributed by atoms with Crippen molar-refractivity contribution in [3.05, 3.63) is 22.4 Å². The lowest BCUT2D eigenvalue weighted by atomic mass is 10.1. The van der Waals surface area contributed by atoms with Gasteiger partial charge < -0.3 is 10.4 Å². The Morgan fingerprint density at radius 3 is 3.00 bits per heavy atom. The van der Waals surface area contributed by atoms with Crippen molar-refractivity contribution in [1.29, 1.82) is 0 Å². The van der Waals surface area contributed by atoms with E-state index in [1.807, 2.05) is 11.3 Å². The van der Waals surface area contributed by atoms with Gasteiger partial charge in [0.2, 0.25) is 0 Å². The number of thiophene rings is 1. The van der Waals surface area contributed by atoms with Gasteiger partial charge in [-0.05, 0) is 37.1 Å². The van der Waals surface area contributed by atoms with Gasteiger partial charge in [-0.3, -0.25) is 0 Å². The first kappa shape index (κ1) is 12.1. The van der Waals surface area contributed by atoms with Gasteiger partial charge in [-0.15, -0.1) is 11.3 Å². The molecule has 0 amide bonds. The maximum Gasteiger partial charge on any atom is 0.0693 e. The van der Waals surface area contributed by atoms with Crippen molar-refractivity contribution in [3.63, 3.8) is 0 Å². The molecule has 2 rings (SSSR count). The lowest BCUT2D eigenvalue weighted by molar-refractivity contribution is 0.142. The van der Waals surface area contributed by atoms with E-state index < -0.39 is 0 Å². The van der Waals surface area contributed by atoms with E-state index in [9.17, 15) is 5.11 Å². The van der Waals surface area contributed by atoms with Crippen LogP contribution in [0.1, 0.15) is 49.9 Å². The topological polar surface area (TPSA) is 32.3 Å². The molecule has 2 N–H and O–H groups in total. The average Bonchev–Trinajstić information content (AvgIpc) is 2.90. The number of aliphatic hydroxyl groups excluding tert-OH is 1. The maximum atomic E-state index is 9.84. The Morgan fingerprint density at radius 2 is 2.44 bits per heavy atom. The first-order valence-electron chi connectivity index (χ1n) is 6.28. The summed E-state index contributed by atoms with van der Waals surface area (Å²) in [4.78, 5) is 1.40. The van der Waals surface area contributed by atoms with Crippen molar-refractivity contribution < 1.29 is 5.11 Å². The van der Waals surface area contributed by atoms with E-state index in [1.165, 1.54) is 11.3 Å². The second kappa shape index (κ2) is 5.80. The highest BCUT2D eigenvalue weighted by Gasteiger charge is 2.27. The molecule has 3 atom stereocenters. The third-order valence-corrected chi connectivity index (χ3v) is 4.34. The molecule has 1 aromatic heterocycles. The second-order valence-corrected chi connectivity index (χ2v) is 5.61. The van der Waals surface area contributed by atoms with E-state index >= 15 is 0 Å². The van der Waals surface area contributed by atoms with E-state index in [0.717, 1.165) is 25.7 Å². The Kier molecular flexibility index (Phi) is 4.38. The zero-order valence-corrected chi connectivity index (χ0v) is 10.7. The fraction of sp³-hybridized carbons (Fsp3) is 0.692. The predicted octanol–water partition coefficient (Wildman–Crippen LogP) is 3.09. The quantitative estimate of drug-likeness (QED) is 0.827. The van der Waals surface area contributed by atoms with Gasteiger partial charge in [0.1, 0.15) is 0 Å². The minimum absolute atomic E-state index is 0.140. The van der Waals surface area contributed by atoms with Gasteiger partial charge in [-0.25, -0.2) is 0 Å². The standard InChI is InChI=1S/C13H21NOS/c1-2-5-11(13-8-4-9-16-13)14-10-6-3-7-12(10)15/h4,8-12,14-15H,2-3,5-7H2,1H3/t10-,11?,12-/m0/s1. The molecule has 0 spiro atoms. The van der Waals surface area contributed by atoms with Crippen molar-refractivity contribution in [2.75, 3.05) is 0 Å². The number of aliphatic hydroxyl groups is 1. The molecule has 1 saturated carbocycles. The average molecular weight is 239 g/mol. The van der Waals surface area contributed by atoms with Gasteiger partial charge in [-0.1, -0.05) is 19.4 Å². The highest BCUT2D eigenvalue weighted by molar-refractivity contribution is 7.10. The summed E-state index contributed by atoms with van der Waals surface area (Å²) in [5.74, 6) is 0. The summed E-state index contributed by atoms with van der Waals surface area (Å²) in [6.07, 6.45) is 5.43. The summed E-state index contributed by atoms with van der Waals surface area (Å²) in [6.45, 7) is 2.22. The summed E-state index contributed by atoms with van der Waals surface area (Å²) in [7, 11) is 0. The Labute approximate surface area is 102 Å². The van der Waals surface area contributed by atoms with E-state index in [-0.39, 0.29) is 6.10 Å². The SMILES string of the molecule is CCCC(N[C@H]1CCC[C@@H]1O)c1cccs1. The normalized spacial score (nSPS) is 27.1. The molecule has 1 aliphatic rings. The molecular formula is C13H21NOS. The number of nitrogens with one attached hydrogen (secondary N) is 1. The summed E-state index contributed by atoms with van der Waals surface area (Å²) in [6, 6.07) is 5.04. The Balaban J connectivity index is 1.97. The molecule has 16 heavy (non-hydrogen) atoms. The summed E-state index contributed by atoms with van der Waals surface area (Å²) < 4.78 is 0. The molecule has 1 unspecified atom stereocenters. The van der Waals surface area contributed by atoms with Crippen LogP contribution in [0.25, 0.3) is 0 Å². The van der Waals surface area contributed by atoms with Crippen LogP contribution < -0.4 is 5.32 Å². The Morgan fingerprint density at radius 1 is 1.56 bits per heavy atom. The Bertz CT molecular complexity index is 299. The summed E-state index contributed by atoms with van der Waals surface area (Å²) in [5.41, 5.74) is 0. The highest BCUT2D eigenvalue weighted by atomic mass is 32.1. The molecule has 0 bridgehead atoms. The largest absolute Gasteiger partial charge is 0.392 e. The third-order valence-electron chi connectivity index (χ3n) is 3.36. The smallest absolute Gasteiger partial charge is 0.0693 e. The van der Waals surface area contributed by atoms with Crippen LogP contribution in [0, 0.1) is 0 Å². The zero-order valence-electron chi connectivity index (χ0n) is 9.86. The van der Waals surface area contributed by atoms with Crippen LogP contribution in [0.2, 0.25) is 0 Å². The van der Waals surface area contributed by atoms with Gasteiger partial charge >= 0.3 is 0 Å². The van der Waals surface area contributed by atoms with Gasteiger partial charge in [-0.2, -0.15) is 0 Å².